The number of aryl methyl sites for hydroxylation is 1. The van der Waals surface area contributed by atoms with Crippen LogP contribution >= 0.6 is 0 Å². The highest BCUT2D eigenvalue weighted by atomic mass is 16.1. The van der Waals surface area contributed by atoms with Gasteiger partial charge in [-0.15, -0.1) is 0 Å². The van der Waals surface area contributed by atoms with Crippen molar-refractivity contribution >= 4 is 17.4 Å². The Hall–Kier alpha value is -2.56. The third kappa shape index (κ3) is 2.88. The molecule has 0 aliphatic rings. The van der Waals surface area contributed by atoms with Gasteiger partial charge in [0, 0.05) is 25.0 Å². The maximum atomic E-state index is 11.5. The number of amides is 1. The number of hydrogen-bond donors (Lipinski definition) is 2. The van der Waals surface area contributed by atoms with E-state index >= 15 is 0 Å². The number of rotatable bonds is 4. The highest BCUT2D eigenvalue weighted by Gasteiger charge is 2.14. The van der Waals surface area contributed by atoms with Gasteiger partial charge in [-0.2, -0.15) is 0 Å². The molecule has 0 aliphatic carbocycles. The van der Waals surface area contributed by atoms with Crippen LogP contribution in [0, 0.1) is 6.92 Å². The summed E-state index contributed by atoms with van der Waals surface area (Å²) in [6.45, 7) is 2.43. The monoisotopic (exact) mass is 270 g/mol. The molecule has 0 saturated heterocycles. The third-order valence-corrected chi connectivity index (χ3v) is 3.10. The Labute approximate surface area is 118 Å². The van der Waals surface area contributed by atoms with Gasteiger partial charge in [0.1, 0.15) is 5.82 Å². The van der Waals surface area contributed by atoms with Crippen LogP contribution in [0.15, 0.2) is 36.4 Å². The van der Waals surface area contributed by atoms with Gasteiger partial charge in [-0.1, -0.05) is 18.2 Å². The molecule has 5 heteroatoms. The summed E-state index contributed by atoms with van der Waals surface area (Å²) < 4.78 is 0. The van der Waals surface area contributed by atoms with E-state index in [0.29, 0.717) is 23.6 Å². The van der Waals surface area contributed by atoms with Crippen molar-refractivity contribution in [3.8, 4) is 0 Å². The maximum absolute atomic E-state index is 11.5. The first-order valence-electron chi connectivity index (χ1n) is 6.31. The fraction of sp³-hybridized carbons (Fsp3) is 0.200. The van der Waals surface area contributed by atoms with Crippen LogP contribution in [0.5, 0.6) is 0 Å². The molecule has 0 spiro atoms. The van der Waals surface area contributed by atoms with Gasteiger partial charge in [0.2, 0.25) is 0 Å². The van der Waals surface area contributed by atoms with Crippen molar-refractivity contribution in [3.63, 3.8) is 0 Å². The number of primary amides is 1. The Morgan fingerprint density at radius 2 is 1.95 bits per heavy atom. The van der Waals surface area contributed by atoms with Crippen molar-refractivity contribution in [2.24, 2.45) is 5.73 Å². The van der Waals surface area contributed by atoms with Crippen LogP contribution < -0.4 is 16.4 Å². The Balaban J connectivity index is 2.34. The smallest absolute Gasteiger partial charge is 0.252 e. The molecule has 0 aliphatic heterocycles. The Bertz CT molecular complexity index is 640. The Morgan fingerprint density at radius 1 is 1.25 bits per heavy atom. The standard InChI is InChI=1S/C15H18N4O/c1-10-7-8-12(14(17)20)15(18-10)19(2)9-11-5-3-4-6-13(11)16/h3-8H,9,16H2,1-2H3,(H2,17,20). The summed E-state index contributed by atoms with van der Waals surface area (Å²) in [6.07, 6.45) is 0. The number of benzene rings is 1. The second-order valence-electron chi connectivity index (χ2n) is 4.74. The van der Waals surface area contributed by atoms with Crippen LogP contribution in [-0.2, 0) is 6.54 Å². The van der Waals surface area contributed by atoms with E-state index < -0.39 is 5.91 Å². The average Bonchev–Trinajstić information content (AvgIpc) is 2.40. The summed E-state index contributed by atoms with van der Waals surface area (Å²) in [6, 6.07) is 11.1. The van der Waals surface area contributed by atoms with Crippen LogP contribution in [0.2, 0.25) is 0 Å². The summed E-state index contributed by atoms with van der Waals surface area (Å²) >= 11 is 0. The lowest BCUT2D eigenvalue weighted by Crippen LogP contribution is -2.24. The van der Waals surface area contributed by atoms with E-state index in [1.54, 1.807) is 12.1 Å². The van der Waals surface area contributed by atoms with Gasteiger partial charge in [0.25, 0.3) is 5.91 Å². The van der Waals surface area contributed by atoms with E-state index in [1.165, 1.54) is 0 Å². The molecule has 104 valence electrons. The number of nitrogen functional groups attached to an aromatic ring is 1. The number of aromatic nitrogens is 1. The molecule has 1 aromatic carbocycles. The number of nitrogens with two attached hydrogens (primary N) is 2. The number of nitrogens with zero attached hydrogens (tertiary/aromatic N) is 2. The van der Waals surface area contributed by atoms with Gasteiger partial charge >= 0.3 is 0 Å². The van der Waals surface area contributed by atoms with Crippen LogP contribution in [0.25, 0.3) is 0 Å². The zero-order chi connectivity index (χ0) is 14.7. The van der Waals surface area contributed by atoms with E-state index in [2.05, 4.69) is 4.98 Å². The van der Waals surface area contributed by atoms with Crippen LogP contribution in [-0.4, -0.2) is 17.9 Å². The fourth-order valence-corrected chi connectivity index (χ4v) is 2.03. The molecular weight excluding hydrogens is 252 g/mol. The Morgan fingerprint density at radius 3 is 2.60 bits per heavy atom. The zero-order valence-corrected chi connectivity index (χ0v) is 11.6. The number of pyridine rings is 1. The molecule has 0 bridgehead atoms. The first-order valence-corrected chi connectivity index (χ1v) is 6.31. The number of anilines is 2. The van der Waals surface area contributed by atoms with Crippen molar-refractivity contribution in [2.45, 2.75) is 13.5 Å². The lowest BCUT2D eigenvalue weighted by Gasteiger charge is -2.21. The quantitative estimate of drug-likeness (QED) is 0.828. The molecular formula is C15H18N4O. The summed E-state index contributed by atoms with van der Waals surface area (Å²) in [5.41, 5.74) is 14.3. The summed E-state index contributed by atoms with van der Waals surface area (Å²) in [7, 11) is 1.86. The number of para-hydroxylation sites is 1. The van der Waals surface area contributed by atoms with E-state index in [-0.39, 0.29) is 0 Å². The molecule has 1 amide bonds. The minimum absolute atomic E-state index is 0.410. The van der Waals surface area contributed by atoms with Crippen molar-refractivity contribution < 1.29 is 4.79 Å². The van der Waals surface area contributed by atoms with Gasteiger partial charge in [-0.3, -0.25) is 4.79 Å². The molecule has 2 rings (SSSR count). The van der Waals surface area contributed by atoms with E-state index in [1.807, 2.05) is 43.1 Å². The molecule has 1 aromatic heterocycles. The molecule has 4 N–H and O–H groups in total. The van der Waals surface area contributed by atoms with Crippen LogP contribution in [0.1, 0.15) is 21.6 Å². The van der Waals surface area contributed by atoms with Gasteiger partial charge in [0.05, 0.1) is 5.56 Å². The maximum Gasteiger partial charge on any atom is 0.252 e. The minimum Gasteiger partial charge on any atom is -0.398 e. The van der Waals surface area contributed by atoms with Crippen LogP contribution in [0.4, 0.5) is 11.5 Å². The van der Waals surface area contributed by atoms with Gasteiger partial charge < -0.3 is 16.4 Å². The largest absolute Gasteiger partial charge is 0.398 e. The van der Waals surface area contributed by atoms with Gasteiger partial charge in [-0.25, -0.2) is 4.98 Å². The second-order valence-corrected chi connectivity index (χ2v) is 4.74. The van der Waals surface area contributed by atoms with E-state index in [9.17, 15) is 4.79 Å². The van der Waals surface area contributed by atoms with Gasteiger partial charge in [-0.05, 0) is 30.7 Å². The molecule has 0 atom stereocenters. The minimum atomic E-state index is -0.486. The Kier molecular flexibility index (Phi) is 3.89. The lowest BCUT2D eigenvalue weighted by molar-refractivity contribution is 0.100. The fourth-order valence-electron chi connectivity index (χ4n) is 2.03. The number of carbonyl (C=O) groups is 1. The summed E-state index contributed by atoms with van der Waals surface area (Å²) in [5, 5.41) is 0. The zero-order valence-electron chi connectivity index (χ0n) is 11.6. The van der Waals surface area contributed by atoms with Crippen molar-refractivity contribution in [1.82, 2.24) is 4.98 Å². The SMILES string of the molecule is Cc1ccc(C(N)=O)c(N(C)Cc2ccccc2N)n1. The predicted octanol–water partition coefficient (Wildman–Crippen LogP) is 1.71. The van der Waals surface area contributed by atoms with E-state index in [4.69, 9.17) is 11.5 Å². The third-order valence-electron chi connectivity index (χ3n) is 3.10. The van der Waals surface area contributed by atoms with Gasteiger partial charge in [0.15, 0.2) is 0 Å². The molecule has 1 heterocycles. The highest BCUT2D eigenvalue weighted by Crippen LogP contribution is 2.21. The molecule has 5 nitrogen and oxygen atoms in total. The number of hydrogen-bond acceptors (Lipinski definition) is 4. The molecule has 0 unspecified atom stereocenters. The summed E-state index contributed by atoms with van der Waals surface area (Å²) in [4.78, 5) is 17.8. The van der Waals surface area contributed by atoms with Crippen molar-refractivity contribution in [1.29, 1.82) is 0 Å². The molecule has 0 saturated carbocycles. The molecule has 0 radical (unpaired) electrons. The predicted molar refractivity (Wildman–Crippen MR) is 80.5 cm³/mol. The first-order chi connectivity index (χ1) is 9.49. The number of carbonyl (C=O) groups excluding carboxylic acids is 1. The topological polar surface area (TPSA) is 85.2 Å². The van der Waals surface area contributed by atoms with Crippen LogP contribution in [0.3, 0.4) is 0 Å². The lowest BCUT2D eigenvalue weighted by atomic mass is 10.1. The molecule has 20 heavy (non-hydrogen) atoms. The molecule has 2 aromatic rings. The summed E-state index contributed by atoms with van der Waals surface area (Å²) in [5.74, 6) is 0.0844. The van der Waals surface area contributed by atoms with E-state index in [0.717, 1.165) is 11.3 Å². The van der Waals surface area contributed by atoms with Crippen molar-refractivity contribution in [3.05, 3.63) is 53.2 Å². The first kappa shape index (κ1) is 13.9. The highest BCUT2D eigenvalue weighted by molar-refractivity contribution is 5.97. The average molecular weight is 270 g/mol. The van der Waals surface area contributed by atoms with Crippen molar-refractivity contribution in [2.75, 3.05) is 17.7 Å². The molecule has 0 fully saturated rings. The normalized spacial score (nSPS) is 10.3. The second kappa shape index (κ2) is 5.61.